The zero-order chi connectivity index (χ0) is 18.1. The van der Waals surface area contributed by atoms with E-state index in [2.05, 4.69) is 6.92 Å². The molecule has 2 heterocycles. The first kappa shape index (κ1) is 17.6. The van der Waals surface area contributed by atoms with Crippen LogP contribution in [0, 0.1) is 0 Å². The Morgan fingerprint density at radius 2 is 1.73 bits per heavy atom. The Labute approximate surface area is 160 Å². The largest absolute Gasteiger partial charge is 0.507 e. The van der Waals surface area contributed by atoms with Gasteiger partial charge in [0, 0.05) is 17.4 Å². The number of benzene rings is 2. The number of aromatic hydroxyl groups is 1. The van der Waals surface area contributed by atoms with E-state index in [1.807, 2.05) is 59.9 Å². The number of fused-ring (bicyclic) bond motifs is 1. The third-order valence-electron chi connectivity index (χ3n) is 4.84. The molecule has 134 valence electrons. The third kappa shape index (κ3) is 3.26. The predicted octanol–water partition coefficient (Wildman–Crippen LogP) is 5.22. The van der Waals surface area contributed by atoms with E-state index in [1.165, 1.54) is 0 Å². The molecule has 1 N–H and O–H groups in total. The van der Waals surface area contributed by atoms with E-state index in [0.29, 0.717) is 16.5 Å². The highest BCUT2D eigenvalue weighted by molar-refractivity contribution is 8.21. The molecular formula is C21H20O3S2. The summed E-state index contributed by atoms with van der Waals surface area (Å²) in [5.74, 6) is 2.06. The van der Waals surface area contributed by atoms with Crippen molar-refractivity contribution in [2.24, 2.45) is 0 Å². The molecule has 4 rings (SSSR count). The fourth-order valence-corrected chi connectivity index (χ4v) is 6.51. The number of hydrogen-bond donors (Lipinski definition) is 1. The lowest BCUT2D eigenvalue weighted by Crippen LogP contribution is -2.22. The van der Waals surface area contributed by atoms with Crippen molar-refractivity contribution in [2.45, 2.75) is 23.3 Å². The Bertz CT molecular complexity index is 975. The van der Waals surface area contributed by atoms with Crippen LogP contribution in [0.4, 0.5) is 0 Å². The zero-order valence-corrected chi connectivity index (χ0v) is 16.1. The molecule has 1 saturated heterocycles. The van der Waals surface area contributed by atoms with Gasteiger partial charge in [0.05, 0.1) is 15.0 Å². The van der Waals surface area contributed by atoms with E-state index in [0.717, 1.165) is 23.5 Å². The van der Waals surface area contributed by atoms with Crippen molar-refractivity contribution in [3.8, 4) is 5.75 Å². The topological polar surface area (TPSA) is 50.4 Å². The van der Waals surface area contributed by atoms with E-state index >= 15 is 0 Å². The van der Waals surface area contributed by atoms with Gasteiger partial charge in [-0.25, -0.2) is 4.79 Å². The molecule has 1 unspecified atom stereocenters. The Hall–Kier alpha value is -1.85. The molecule has 0 amide bonds. The van der Waals surface area contributed by atoms with Crippen molar-refractivity contribution in [2.75, 3.05) is 11.5 Å². The molecule has 0 bridgehead atoms. The fourth-order valence-electron chi connectivity index (χ4n) is 3.57. The van der Waals surface area contributed by atoms with Crippen molar-refractivity contribution < 1.29 is 9.52 Å². The number of thioether (sulfide) groups is 2. The Morgan fingerprint density at radius 3 is 2.46 bits per heavy atom. The van der Waals surface area contributed by atoms with Crippen LogP contribution in [0.1, 0.15) is 30.4 Å². The van der Waals surface area contributed by atoms with Crippen LogP contribution in [-0.2, 0) is 0 Å². The lowest BCUT2D eigenvalue weighted by Gasteiger charge is -2.28. The molecule has 5 heteroatoms. The Morgan fingerprint density at radius 1 is 1.08 bits per heavy atom. The molecule has 1 aromatic heterocycles. The van der Waals surface area contributed by atoms with Gasteiger partial charge in [0.25, 0.3) is 0 Å². The molecule has 1 aliphatic rings. The van der Waals surface area contributed by atoms with E-state index in [4.69, 9.17) is 4.42 Å². The van der Waals surface area contributed by atoms with Crippen LogP contribution >= 0.6 is 23.5 Å². The minimum Gasteiger partial charge on any atom is -0.507 e. The smallest absolute Gasteiger partial charge is 0.343 e. The summed E-state index contributed by atoms with van der Waals surface area (Å²) in [6.45, 7) is 2.23. The summed E-state index contributed by atoms with van der Waals surface area (Å²) in [6.07, 6.45) is 0.767. The van der Waals surface area contributed by atoms with Crippen molar-refractivity contribution in [1.82, 2.24) is 0 Å². The van der Waals surface area contributed by atoms with Gasteiger partial charge in [-0.15, -0.1) is 23.5 Å². The summed E-state index contributed by atoms with van der Waals surface area (Å²) < 4.78 is 5.56. The zero-order valence-electron chi connectivity index (χ0n) is 14.5. The average Bonchev–Trinajstić information content (AvgIpc) is 3.08. The molecule has 0 spiro atoms. The van der Waals surface area contributed by atoms with Crippen LogP contribution in [0.3, 0.4) is 0 Å². The maximum atomic E-state index is 12.8. The SMILES string of the molecule is CC1(CC(c2ccccc2)c2c(O)c3ccccc3oc2=O)SCCS1. The van der Waals surface area contributed by atoms with Gasteiger partial charge in [0.15, 0.2) is 0 Å². The minimum absolute atomic E-state index is 0.0189. The van der Waals surface area contributed by atoms with E-state index in [-0.39, 0.29) is 15.7 Å². The standard InChI is InChI=1S/C21H20O3S2/c1-21(25-11-12-26-21)13-16(14-7-3-2-4-8-14)18-19(22)15-9-5-6-10-17(15)24-20(18)23/h2-10,16,22H,11-13H2,1H3. The van der Waals surface area contributed by atoms with Crippen LogP contribution in [0.15, 0.2) is 63.8 Å². The molecule has 0 radical (unpaired) electrons. The maximum Gasteiger partial charge on any atom is 0.343 e. The highest BCUT2D eigenvalue weighted by Crippen LogP contribution is 2.51. The van der Waals surface area contributed by atoms with Gasteiger partial charge >= 0.3 is 5.63 Å². The van der Waals surface area contributed by atoms with Gasteiger partial charge in [0.2, 0.25) is 0 Å². The maximum absolute atomic E-state index is 12.8. The van der Waals surface area contributed by atoms with Crippen molar-refractivity contribution in [3.05, 3.63) is 76.1 Å². The van der Waals surface area contributed by atoms with E-state index in [9.17, 15) is 9.90 Å². The molecule has 0 saturated carbocycles. The average molecular weight is 385 g/mol. The first-order valence-electron chi connectivity index (χ1n) is 8.65. The van der Waals surface area contributed by atoms with Crippen LogP contribution < -0.4 is 5.63 Å². The number of hydrogen-bond acceptors (Lipinski definition) is 5. The molecule has 26 heavy (non-hydrogen) atoms. The minimum atomic E-state index is -0.452. The lowest BCUT2D eigenvalue weighted by atomic mass is 9.87. The monoisotopic (exact) mass is 384 g/mol. The van der Waals surface area contributed by atoms with Crippen LogP contribution in [0.2, 0.25) is 0 Å². The fraction of sp³-hybridized carbons (Fsp3) is 0.286. The van der Waals surface area contributed by atoms with Gasteiger partial charge in [-0.1, -0.05) is 42.5 Å². The molecule has 0 aliphatic carbocycles. The van der Waals surface area contributed by atoms with Gasteiger partial charge in [-0.2, -0.15) is 0 Å². The van der Waals surface area contributed by atoms with Crippen LogP contribution in [0.5, 0.6) is 5.75 Å². The van der Waals surface area contributed by atoms with Gasteiger partial charge in [0.1, 0.15) is 11.3 Å². The highest BCUT2D eigenvalue weighted by atomic mass is 32.2. The second-order valence-electron chi connectivity index (χ2n) is 6.65. The summed E-state index contributed by atoms with van der Waals surface area (Å²) in [5, 5.41) is 11.5. The second kappa shape index (κ2) is 7.05. The molecule has 1 aliphatic heterocycles. The number of para-hydroxylation sites is 1. The molecule has 3 nitrogen and oxygen atoms in total. The lowest BCUT2D eigenvalue weighted by molar-refractivity contribution is 0.448. The molecular weight excluding hydrogens is 364 g/mol. The number of rotatable bonds is 4. The summed E-state index contributed by atoms with van der Waals surface area (Å²) in [7, 11) is 0. The predicted molar refractivity (Wildman–Crippen MR) is 110 cm³/mol. The van der Waals surface area contributed by atoms with E-state index in [1.54, 1.807) is 18.2 Å². The van der Waals surface area contributed by atoms with Crippen molar-refractivity contribution in [3.63, 3.8) is 0 Å². The highest BCUT2D eigenvalue weighted by Gasteiger charge is 2.36. The second-order valence-corrected chi connectivity index (χ2v) is 10.1. The van der Waals surface area contributed by atoms with Gasteiger partial charge in [-0.3, -0.25) is 0 Å². The first-order chi connectivity index (χ1) is 12.6. The molecule has 1 atom stereocenters. The van der Waals surface area contributed by atoms with Crippen molar-refractivity contribution in [1.29, 1.82) is 0 Å². The third-order valence-corrected chi connectivity index (χ3v) is 8.18. The van der Waals surface area contributed by atoms with Gasteiger partial charge in [-0.05, 0) is 31.0 Å². The summed E-state index contributed by atoms with van der Waals surface area (Å²) in [6, 6.07) is 17.1. The van der Waals surface area contributed by atoms with Crippen molar-refractivity contribution >= 4 is 34.5 Å². The van der Waals surface area contributed by atoms with Gasteiger partial charge < -0.3 is 9.52 Å². The Balaban J connectivity index is 1.89. The quantitative estimate of drug-likeness (QED) is 0.625. The first-order valence-corrected chi connectivity index (χ1v) is 10.6. The normalized spacial score (nSPS) is 17.4. The summed E-state index contributed by atoms with van der Waals surface area (Å²) in [4.78, 5) is 12.8. The van der Waals surface area contributed by atoms with Crippen LogP contribution in [-0.4, -0.2) is 20.7 Å². The molecule has 1 fully saturated rings. The summed E-state index contributed by atoms with van der Waals surface area (Å²) in [5.41, 5.74) is 1.36. The molecule has 3 aromatic rings. The van der Waals surface area contributed by atoms with E-state index < -0.39 is 5.63 Å². The Kier molecular flexibility index (Phi) is 4.76. The summed E-state index contributed by atoms with van der Waals surface area (Å²) >= 11 is 3.85. The molecule has 2 aromatic carbocycles. The van der Waals surface area contributed by atoms with Crippen LogP contribution in [0.25, 0.3) is 11.0 Å².